The lowest BCUT2D eigenvalue weighted by Gasteiger charge is -2.34. The largest absolute Gasteiger partial charge is 0.339 e. The van der Waals surface area contributed by atoms with Gasteiger partial charge in [-0.05, 0) is 42.0 Å². The number of anilines is 1. The number of aromatic nitrogens is 2. The van der Waals surface area contributed by atoms with E-state index in [9.17, 15) is 13.2 Å². The number of nitrogens with zero attached hydrogens (tertiary/aromatic N) is 3. The lowest BCUT2D eigenvalue weighted by molar-refractivity contribution is -0.109. The number of benzene rings is 1. The summed E-state index contributed by atoms with van der Waals surface area (Å²) in [7, 11) is 0. The Labute approximate surface area is 159 Å². The highest BCUT2D eigenvalue weighted by Gasteiger charge is 2.45. The van der Waals surface area contributed by atoms with Gasteiger partial charge in [-0.25, -0.2) is 13.8 Å². The lowest BCUT2D eigenvalue weighted by atomic mass is 9.78. The molecule has 142 valence electrons. The maximum atomic E-state index is 13.5. The first kappa shape index (κ1) is 17.2. The lowest BCUT2D eigenvalue weighted by Crippen LogP contribution is -2.36. The summed E-state index contributed by atoms with van der Waals surface area (Å²) in [6.45, 7) is 0.471. The van der Waals surface area contributed by atoms with Crippen LogP contribution >= 0.6 is 0 Å². The van der Waals surface area contributed by atoms with Crippen LogP contribution in [0.3, 0.4) is 0 Å². The Morgan fingerprint density at radius 2 is 1.96 bits per heavy atom. The highest BCUT2D eigenvalue weighted by Crippen LogP contribution is 2.44. The van der Waals surface area contributed by atoms with Crippen LogP contribution in [0.25, 0.3) is 10.8 Å². The fraction of sp³-hybridized carbons (Fsp3) is 0.286. The number of halogens is 3. The van der Waals surface area contributed by atoms with Crippen molar-refractivity contribution >= 4 is 22.3 Å². The van der Waals surface area contributed by atoms with Crippen molar-refractivity contribution < 1.29 is 13.2 Å². The molecular weight excluding hydrogens is 365 g/mol. The molecule has 1 saturated carbocycles. The Morgan fingerprint density at radius 3 is 2.79 bits per heavy atom. The number of rotatable bonds is 3. The minimum absolute atomic E-state index is 0.0174. The molecule has 3 heterocycles. The van der Waals surface area contributed by atoms with E-state index in [1.165, 1.54) is 6.07 Å². The van der Waals surface area contributed by atoms with E-state index in [2.05, 4.69) is 20.3 Å². The summed E-state index contributed by atoms with van der Waals surface area (Å²) in [6.07, 6.45) is 2.14. The van der Waals surface area contributed by atoms with Gasteiger partial charge in [-0.1, -0.05) is 12.1 Å². The Balaban J connectivity index is 1.39. The topological polar surface area (TPSA) is 50.2 Å². The average Bonchev–Trinajstić information content (AvgIpc) is 3.02. The highest BCUT2D eigenvalue weighted by atomic mass is 19.3. The monoisotopic (exact) mass is 382 g/mol. The zero-order valence-corrected chi connectivity index (χ0v) is 14.9. The molecule has 3 aromatic rings. The number of aliphatic imine (C=N–C) groups is 1. The minimum Gasteiger partial charge on any atom is -0.339 e. The molecule has 2 aliphatic rings. The van der Waals surface area contributed by atoms with Crippen LogP contribution in [-0.2, 0) is 13.0 Å². The number of amidine groups is 1. The molecule has 0 radical (unpaired) electrons. The first-order valence-corrected chi connectivity index (χ1v) is 9.20. The van der Waals surface area contributed by atoms with E-state index >= 15 is 0 Å². The van der Waals surface area contributed by atoms with Crippen molar-refractivity contribution in [1.29, 1.82) is 0 Å². The zero-order valence-electron chi connectivity index (χ0n) is 14.9. The van der Waals surface area contributed by atoms with Gasteiger partial charge in [0.15, 0.2) is 5.84 Å². The Bertz CT molecular complexity index is 1100. The molecule has 5 rings (SSSR count). The Morgan fingerprint density at radius 1 is 1.11 bits per heavy atom. The van der Waals surface area contributed by atoms with Crippen molar-refractivity contribution in [3.05, 3.63) is 65.5 Å². The van der Waals surface area contributed by atoms with Crippen LogP contribution in [0.15, 0.2) is 47.6 Å². The first-order chi connectivity index (χ1) is 13.5. The molecule has 0 spiro atoms. The van der Waals surface area contributed by atoms with Crippen LogP contribution in [0.5, 0.6) is 0 Å². The van der Waals surface area contributed by atoms with Crippen molar-refractivity contribution in [3.63, 3.8) is 0 Å². The second-order valence-corrected chi connectivity index (χ2v) is 7.46. The summed E-state index contributed by atoms with van der Waals surface area (Å²) in [5.74, 6) is -2.53. The second-order valence-electron chi connectivity index (χ2n) is 7.46. The fourth-order valence-electron chi connectivity index (χ4n) is 3.95. The van der Waals surface area contributed by atoms with Crippen LogP contribution in [0, 0.1) is 11.9 Å². The van der Waals surface area contributed by atoms with Crippen LogP contribution < -0.4 is 5.32 Å². The third-order valence-electron chi connectivity index (χ3n) is 5.34. The van der Waals surface area contributed by atoms with Crippen molar-refractivity contribution in [2.24, 2.45) is 10.9 Å². The smallest absolute Gasteiger partial charge is 0.248 e. The third-order valence-corrected chi connectivity index (χ3v) is 5.34. The second kappa shape index (κ2) is 6.29. The van der Waals surface area contributed by atoms with Gasteiger partial charge in [0.25, 0.3) is 0 Å². The van der Waals surface area contributed by atoms with Crippen LogP contribution in [0.4, 0.5) is 18.9 Å². The minimum atomic E-state index is -2.52. The first-order valence-electron chi connectivity index (χ1n) is 9.20. The summed E-state index contributed by atoms with van der Waals surface area (Å²) in [5, 5.41) is 5.14. The third kappa shape index (κ3) is 3.10. The Hall–Kier alpha value is -2.96. The fourth-order valence-corrected chi connectivity index (χ4v) is 3.95. The predicted molar refractivity (Wildman–Crippen MR) is 101 cm³/mol. The maximum absolute atomic E-state index is 13.5. The molecule has 1 aliphatic heterocycles. The van der Waals surface area contributed by atoms with E-state index in [0.29, 0.717) is 24.5 Å². The normalized spacial score (nSPS) is 17.9. The molecule has 0 bridgehead atoms. The SMILES string of the molecule is Fc1ccc2c(n1)C(Nc1ccc3c(CC4CC(F)(F)C4)nccc3c1)=NC2. The zero-order chi connectivity index (χ0) is 19.3. The maximum Gasteiger partial charge on any atom is 0.248 e. The van der Waals surface area contributed by atoms with Crippen LogP contribution in [0.2, 0.25) is 0 Å². The molecule has 7 heteroatoms. The van der Waals surface area contributed by atoms with Gasteiger partial charge in [-0.3, -0.25) is 9.98 Å². The molecule has 28 heavy (non-hydrogen) atoms. The molecular formula is C21H17F3N4. The molecule has 1 aliphatic carbocycles. The van der Waals surface area contributed by atoms with Gasteiger partial charge in [-0.2, -0.15) is 4.39 Å². The van der Waals surface area contributed by atoms with Crippen molar-refractivity contribution in [2.75, 3.05) is 5.32 Å². The predicted octanol–water partition coefficient (Wildman–Crippen LogP) is 4.73. The molecule has 0 saturated heterocycles. The van der Waals surface area contributed by atoms with Gasteiger partial charge in [0, 0.05) is 41.4 Å². The molecule has 2 aromatic heterocycles. The Kier molecular flexibility index (Phi) is 3.86. The van der Waals surface area contributed by atoms with Gasteiger partial charge < -0.3 is 5.32 Å². The van der Waals surface area contributed by atoms with Gasteiger partial charge in [-0.15, -0.1) is 0 Å². The van der Waals surface area contributed by atoms with Crippen LogP contribution in [0.1, 0.15) is 29.8 Å². The van der Waals surface area contributed by atoms with E-state index in [-0.39, 0.29) is 18.8 Å². The standard InChI is InChI=1S/C21H17F3N4/c22-18-4-1-14-11-26-20(19(14)28-18)27-15-2-3-16-13(8-15)5-6-25-17(16)7-12-9-21(23,24)10-12/h1-6,8,12H,7,9-11H2,(H,26,27). The van der Waals surface area contributed by atoms with Gasteiger partial charge in [0.05, 0.1) is 6.54 Å². The number of hydrogen-bond acceptors (Lipinski definition) is 4. The van der Waals surface area contributed by atoms with E-state index in [4.69, 9.17) is 0 Å². The van der Waals surface area contributed by atoms with Gasteiger partial charge in [0.2, 0.25) is 11.9 Å². The summed E-state index contributed by atoms with van der Waals surface area (Å²) in [5.41, 5.74) is 3.06. The van der Waals surface area contributed by atoms with E-state index in [1.807, 2.05) is 24.3 Å². The number of pyridine rings is 2. The van der Waals surface area contributed by atoms with Crippen LogP contribution in [-0.4, -0.2) is 21.7 Å². The van der Waals surface area contributed by atoms with E-state index < -0.39 is 11.9 Å². The van der Waals surface area contributed by atoms with E-state index in [1.54, 1.807) is 12.3 Å². The molecule has 4 nitrogen and oxygen atoms in total. The molecule has 0 atom stereocenters. The average molecular weight is 382 g/mol. The van der Waals surface area contributed by atoms with Crippen molar-refractivity contribution in [1.82, 2.24) is 9.97 Å². The van der Waals surface area contributed by atoms with E-state index in [0.717, 1.165) is 27.7 Å². The molecule has 1 N–H and O–H groups in total. The van der Waals surface area contributed by atoms with Gasteiger partial charge >= 0.3 is 0 Å². The quantitative estimate of drug-likeness (QED) is 0.667. The highest BCUT2D eigenvalue weighted by molar-refractivity contribution is 6.10. The summed E-state index contributed by atoms with van der Waals surface area (Å²) in [4.78, 5) is 12.7. The molecule has 1 aromatic carbocycles. The molecule has 0 amide bonds. The van der Waals surface area contributed by atoms with Crippen molar-refractivity contribution in [2.45, 2.75) is 31.7 Å². The summed E-state index contributed by atoms with van der Waals surface area (Å²) >= 11 is 0. The summed E-state index contributed by atoms with van der Waals surface area (Å²) < 4.78 is 39.7. The molecule has 1 fully saturated rings. The summed E-state index contributed by atoms with van der Waals surface area (Å²) in [6, 6.07) is 10.7. The van der Waals surface area contributed by atoms with Crippen molar-refractivity contribution in [3.8, 4) is 0 Å². The molecule has 0 unspecified atom stereocenters. The van der Waals surface area contributed by atoms with Gasteiger partial charge in [0.1, 0.15) is 5.69 Å². The number of hydrogen-bond donors (Lipinski definition) is 1. The number of alkyl halides is 2. The number of fused-ring (bicyclic) bond motifs is 2. The number of nitrogens with one attached hydrogen (secondary N) is 1.